The lowest BCUT2D eigenvalue weighted by atomic mass is 10.2. The van der Waals surface area contributed by atoms with Crippen LogP contribution in [0.3, 0.4) is 0 Å². The Hall–Kier alpha value is -4.17. The van der Waals surface area contributed by atoms with E-state index in [0.29, 0.717) is 11.0 Å². The van der Waals surface area contributed by atoms with Crippen molar-refractivity contribution in [3.05, 3.63) is 96.6 Å². The van der Waals surface area contributed by atoms with Crippen molar-refractivity contribution in [2.75, 3.05) is 12.9 Å². The van der Waals surface area contributed by atoms with Gasteiger partial charge < -0.3 is 4.74 Å². The number of methoxy groups -OCH3 is 1. The minimum Gasteiger partial charge on any atom is -0.497 e. The molecular weight excluding hydrogens is 446 g/mol. The van der Waals surface area contributed by atoms with Crippen molar-refractivity contribution in [3.63, 3.8) is 0 Å². The molecule has 4 rings (SSSR count). The third-order valence-electron chi connectivity index (χ3n) is 4.77. The molecule has 0 bridgehead atoms. The number of benzene rings is 3. The van der Waals surface area contributed by atoms with E-state index in [1.807, 2.05) is 95.6 Å². The van der Waals surface area contributed by atoms with Gasteiger partial charge in [-0.05, 0) is 35.9 Å². The Morgan fingerprint density at radius 2 is 1.71 bits per heavy atom. The quantitative estimate of drug-likeness (QED) is 0.215. The number of carbonyl (C=O) groups is 1. The molecule has 0 spiro atoms. The maximum absolute atomic E-state index is 12.3. The van der Waals surface area contributed by atoms with Crippen molar-refractivity contribution >= 4 is 30.0 Å². The summed E-state index contributed by atoms with van der Waals surface area (Å²) < 4.78 is 7.20. The van der Waals surface area contributed by atoms with Crippen LogP contribution in [0.1, 0.15) is 5.56 Å². The number of ether oxygens (including phenoxy) is 1. The van der Waals surface area contributed by atoms with E-state index in [1.165, 1.54) is 11.8 Å². The Kier molecular flexibility index (Phi) is 7.86. The lowest BCUT2D eigenvalue weighted by Crippen LogP contribution is -2.19. The van der Waals surface area contributed by atoms with Crippen LogP contribution in [0.2, 0.25) is 0 Å². The molecule has 8 heteroatoms. The summed E-state index contributed by atoms with van der Waals surface area (Å²) in [5.41, 5.74) is 5.39. The molecule has 1 N–H and O–H groups in total. The summed E-state index contributed by atoms with van der Waals surface area (Å²) in [6.45, 7) is 0. The summed E-state index contributed by atoms with van der Waals surface area (Å²) in [7, 11) is 1.63. The predicted molar refractivity (Wildman–Crippen MR) is 136 cm³/mol. The van der Waals surface area contributed by atoms with E-state index < -0.39 is 0 Å². The number of rotatable bonds is 9. The third-order valence-corrected chi connectivity index (χ3v) is 5.70. The summed E-state index contributed by atoms with van der Waals surface area (Å²) in [6.07, 6.45) is 5.23. The van der Waals surface area contributed by atoms with Gasteiger partial charge in [0, 0.05) is 17.5 Å². The van der Waals surface area contributed by atoms with E-state index >= 15 is 0 Å². The summed E-state index contributed by atoms with van der Waals surface area (Å²) in [5, 5.41) is 13.3. The highest BCUT2D eigenvalue weighted by Gasteiger charge is 2.17. The lowest BCUT2D eigenvalue weighted by molar-refractivity contribution is -0.118. The SMILES string of the molecule is COc1ccc(-n2c(SCC(=O)NN=CC=Cc3ccccc3)nnc2-c2ccccc2)cc1. The van der Waals surface area contributed by atoms with E-state index in [1.54, 1.807) is 19.4 Å². The summed E-state index contributed by atoms with van der Waals surface area (Å²) >= 11 is 1.29. The first kappa shape index (κ1) is 23.0. The molecule has 3 aromatic carbocycles. The number of nitrogens with zero attached hydrogens (tertiary/aromatic N) is 4. The van der Waals surface area contributed by atoms with E-state index in [2.05, 4.69) is 20.7 Å². The second kappa shape index (κ2) is 11.6. The van der Waals surface area contributed by atoms with Crippen LogP contribution in [-0.4, -0.2) is 39.7 Å². The molecule has 0 aliphatic carbocycles. The number of allylic oxidation sites excluding steroid dienone is 1. The molecule has 0 saturated heterocycles. The first-order chi connectivity index (χ1) is 16.7. The fraction of sp³-hybridized carbons (Fsp3) is 0.0769. The number of aromatic nitrogens is 3. The van der Waals surface area contributed by atoms with Gasteiger partial charge in [-0.25, -0.2) is 5.43 Å². The Morgan fingerprint density at radius 1 is 1.00 bits per heavy atom. The fourth-order valence-corrected chi connectivity index (χ4v) is 3.88. The molecule has 170 valence electrons. The molecule has 4 aromatic rings. The number of hydrogen-bond donors (Lipinski definition) is 1. The number of hydrogen-bond acceptors (Lipinski definition) is 6. The maximum atomic E-state index is 12.3. The molecule has 0 radical (unpaired) electrons. The standard InChI is InChI=1S/C26H23N5O2S/c1-33-23-16-14-22(15-17-23)31-25(21-12-6-3-7-13-21)29-30-26(31)34-19-24(32)28-27-18-8-11-20-9-4-2-5-10-20/h2-18H,19H2,1H3,(H,28,32). The number of nitrogens with one attached hydrogen (secondary N) is 1. The lowest BCUT2D eigenvalue weighted by Gasteiger charge is -2.11. The average molecular weight is 470 g/mol. The Morgan fingerprint density at radius 3 is 2.41 bits per heavy atom. The summed E-state index contributed by atoms with van der Waals surface area (Å²) in [5.74, 6) is 1.35. The predicted octanol–water partition coefficient (Wildman–Crippen LogP) is 4.85. The molecule has 1 amide bonds. The zero-order chi connectivity index (χ0) is 23.6. The second-order valence-electron chi connectivity index (χ2n) is 7.08. The number of hydrazone groups is 1. The van der Waals surface area contributed by atoms with Crippen LogP contribution in [0.15, 0.2) is 101 Å². The largest absolute Gasteiger partial charge is 0.497 e. The molecule has 0 unspecified atom stereocenters. The van der Waals surface area contributed by atoms with Crippen LogP contribution in [0.4, 0.5) is 0 Å². The average Bonchev–Trinajstić information content (AvgIpc) is 3.32. The smallest absolute Gasteiger partial charge is 0.250 e. The minimum absolute atomic E-state index is 0.142. The summed E-state index contributed by atoms with van der Waals surface area (Å²) in [4.78, 5) is 12.3. The van der Waals surface area contributed by atoms with Gasteiger partial charge in [0.2, 0.25) is 0 Å². The molecule has 0 aliphatic rings. The highest BCUT2D eigenvalue weighted by Crippen LogP contribution is 2.28. The molecule has 7 nitrogen and oxygen atoms in total. The Bertz CT molecular complexity index is 1270. The molecule has 34 heavy (non-hydrogen) atoms. The van der Waals surface area contributed by atoms with Gasteiger partial charge in [-0.2, -0.15) is 5.10 Å². The monoisotopic (exact) mass is 469 g/mol. The van der Waals surface area contributed by atoms with E-state index in [4.69, 9.17) is 4.74 Å². The summed E-state index contributed by atoms with van der Waals surface area (Å²) in [6, 6.07) is 27.3. The molecule has 0 atom stereocenters. The molecule has 0 fully saturated rings. The first-order valence-electron chi connectivity index (χ1n) is 10.6. The number of amides is 1. The van der Waals surface area contributed by atoms with Crippen LogP contribution in [0.25, 0.3) is 23.2 Å². The van der Waals surface area contributed by atoms with Crippen molar-refractivity contribution < 1.29 is 9.53 Å². The van der Waals surface area contributed by atoms with Crippen LogP contribution in [0.5, 0.6) is 5.75 Å². The van der Waals surface area contributed by atoms with E-state index in [9.17, 15) is 4.79 Å². The first-order valence-corrected chi connectivity index (χ1v) is 11.5. The minimum atomic E-state index is -0.236. The zero-order valence-corrected chi connectivity index (χ0v) is 19.4. The van der Waals surface area contributed by atoms with Gasteiger partial charge in [0.15, 0.2) is 11.0 Å². The Balaban J connectivity index is 1.45. The van der Waals surface area contributed by atoms with E-state index in [0.717, 1.165) is 22.6 Å². The fourth-order valence-electron chi connectivity index (χ4n) is 3.13. The number of carbonyl (C=O) groups excluding carboxylic acids is 1. The van der Waals surface area contributed by atoms with Crippen molar-refractivity contribution in [2.45, 2.75) is 5.16 Å². The topological polar surface area (TPSA) is 81.4 Å². The van der Waals surface area contributed by atoms with Gasteiger partial charge >= 0.3 is 0 Å². The van der Waals surface area contributed by atoms with Crippen molar-refractivity contribution in [1.82, 2.24) is 20.2 Å². The van der Waals surface area contributed by atoms with Crippen LogP contribution in [-0.2, 0) is 4.79 Å². The third kappa shape index (κ3) is 5.99. The second-order valence-corrected chi connectivity index (χ2v) is 8.02. The van der Waals surface area contributed by atoms with Crippen LogP contribution < -0.4 is 10.2 Å². The van der Waals surface area contributed by atoms with Gasteiger partial charge in [0.1, 0.15) is 5.75 Å². The number of thioether (sulfide) groups is 1. The highest BCUT2D eigenvalue weighted by molar-refractivity contribution is 7.99. The van der Waals surface area contributed by atoms with Gasteiger partial charge in [-0.3, -0.25) is 9.36 Å². The highest BCUT2D eigenvalue weighted by atomic mass is 32.2. The molecule has 0 saturated carbocycles. The molecular formula is C26H23N5O2S. The molecule has 1 aromatic heterocycles. The van der Waals surface area contributed by atoms with Gasteiger partial charge in [-0.15, -0.1) is 10.2 Å². The van der Waals surface area contributed by atoms with Gasteiger partial charge in [0.25, 0.3) is 5.91 Å². The van der Waals surface area contributed by atoms with Gasteiger partial charge in [-0.1, -0.05) is 78.5 Å². The van der Waals surface area contributed by atoms with Crippen LogP contribution in [0, 0.1) is 0 Å². The van der Waals surface area contributed by atoms with E-state index in [-0.39, 0.29) is 11.7 Å². The molecule has 1 heterocycles. The normalized spacial score (nSPS) is 11.2. The maximum Gasteiger partial charge on any atom is 0.250 e. The van der Waals surface area contributed by atoms with Crippen molar-refractivity contribution in [3.8, 4) is 22.8 Å². The molecule has 0 aliphatic heterocycles. The van der Waals surface area contributed by atoms with Crippen LogP contribution >= 0.6 is 11.8 Å². The van der Waals surface area contributed by atoms with Crippen molar-refractivity contribution in [2.24, 2.45) is 5.10 Å². The van der Waals surface area contributed by atoms with Crippen molar-refractivity contribution in [1.29, 1.82) is 0 Å². The Labute approximate surface area is 202 Å². The zero-order valence-electron chi connectivity index (χ0n) is 18.5. The van der Waals surface area contributed by atoms with Gasteiger partial charge in [0.05, 0.1) is 12.9 Å².